The number of H-pyrrole nitrogens is 2. The van der Waals surface area contributed by atoms with Gasteiger partial charge in [-0.15, -0.1) is 23.7 Å². The van der Waals surface area contributed by atoms with Gasteiger partial charge in [-0.1, -0.05) is 13.8 Å². The third-order valence-electron chi connectivity index (χ3n) is 3.32. The number of thiophene rings is 1. The van der Waals surface area contributed by atoms with Gasteiger partial charge in [0.2, 0.25) is 0 Å². The second kappa shape index (κ2) is 6.01. The van der Waals surface area contributed by atoms with Gasteiger partial charge in [0, 0.05) is 22.8 Å². The molecule has 3 rings (SSSR count). The van der Waals surface area contributed by atoms with Crippen molar-refractivity contribution in [2.24, 2.45) is 11.7 Å². The molecule has 3 aromatic heterocycles. The molecule has 21 heavy (non-hydrogen) atoms. The third kappa shape index (κ3) is 2.88. The lowest BCUT2D eigenvalue weighted by molar-refractivity contribution is 0.491. The Morgan fingerprint density at radius 1 is 1.38 bits per heavy atom. The van der Waals surface area contributed by atoms with Crippen molar-refractivity contribution in [1.29, 1.82) is 0 Å². The second-order valence-electron chi connectivity index (χ2n) is 5.15. The quantitative estimate of drug-likeness (QED) is 0.692. The van der Waals surface area contributed by atoms with E-state index in [0.29, 0.717) is 16.0 Å². The van der Waals surface area contributed by atoms with Crippen LogP contribution in [0.3, 0.4) is 0 Å². The molecule has 0 saturated heterocycles. The molecule has 0 aliphatic rings. The molecule has 0 spiro atoms. The summed E-state index contributed by atoms with van der Waals surface area (Å²) in [5, 5.41) is 0. The molecule has 1 atom stereocenters. The minimum absolute atomic E-state index is 0. The smallest absolute Gasteiger partial charge is 0.268 e. The average molecular weight is 325 g/mol. The van der Waals surface area contributed by atoms with Crippen LogP contribution in [0.2, 0.25) is 0 Å². The van der Waals surface area contributed by atoms with Crippen LogP contribution in [0.15, 0.2) is 29.3 Å². The van der Waals surface area contributed by atoms with Crippen LogP contribution >= 0.6 is 23.7 Å². The highest BCUT2D eigenvalue weighted by Gasteiger charge is 2.16. The number of hydrogen-bond donors (Lipinski definition) is 3. The van der Waals surface area contributed by atoms with Crippen molar-refractivity contribution >= 4 is 34.0 Å². The fourth-order valence-electron chi connectivity index (χ4n) is 2.05. The molecule has 7 heteroatoms. The second-order valence-corrected chi connectivity index (χ2v) is 6.20. The van der Waals surface area contributed by atoms with Gasteiger partial charge in [-0.25, -0.2) is 4.98 Å². The Balaban J connectivity index is 0.00000161. The van der Waals surface area contributed by atoms with E-state index in [1.54, 1.807) is 0 Å². The Hall–Kier alpha value is -1.63. The van der Waals surface area contributed by atoms with Crippen molar-refractivity contribution in [2.75, 3.05) is 0 Å². The largest absolute Gasteiger partial charge is 0.367 e. The SMILES string of the molecule is CC(C)[C@H](N)c1nc2cc(-c3cc[nH]c3)sc2c(=O)[nH]1.Cl. The summed E-state index contributed by atoms with van der Waals surface area (Å²) in [6.07, 6.45) is 3.76. The number of nitrogens with zero attached hydrogens (tertiary/aromatic N) is 1. The first-order valence-electron chi connectivity index (χ1n) is 6.49. The van der Waals surface area contributed by atoms with Gasteiger partial charge in [-0.3, -0.25) is 4.79 Å². The van der Waals surface area contributed by atoms with Crippen LogP contribution in [0.4, 0.5) is 0 Å². The van der Waals surface area contributed by atoms with Gasteiger partial charge in [0.1, 0.15) is 10.5 Å². The van der Waals surface area contributed by atoms with Crippen molar-refractivity contribution in [2.45, 2.75) is 19.9 Å². The summed E-state index contributed by atoms with van der Waals surface area (Å²) in [5.74, 6) is 0.772. The molecule has 0 aliphatic heterocycles. The molecule has 3 aromatic rings. The van der Waals surface area contributed by atoms with Gasteiger partial charge >= 0.3 is 0 Å². The van der Waals surface area contributed by atoms with E-state index in [1.165, 1.54) is 11.3 Å². The van der Waals surface area contributed by atoms with Crippen molar-refractivity contribution in [1.82, 2.24) is 15.0 Å². The first-order chi connectivity index (χ1) is 9.56. The normalized spacial score (nSPS) is 12.6. The van der Waals surface area contributed by atoms with E-state index in [4.69, 9.17) is 5.73 Å². The van der Waals surface area contributed by atoms with E-state index in [1.807, 2.05) is 38.4 Å². The molecule has 0 bridgehead atoms. The lowest BCUT2D eigenvalue weighted by Crippen LogP contribution is -2.23. The highest BCUT2D eigenvalue weighted by atomic mass is 35.5. The fourth-order valence-corrected chi connectivity index (χ4v) is 3.04. The molecule has 112 valence electrons. The van der Waals surface area contributed by atoms with E-state index in [0.717, 1.165) is 10.4 Å². The predicted molar refractivity (Wildman–Crippen MR) is 89.0 cm³/mol. The zero-order chi connectivity index (χ0) is 14.3. The average Bonchev–Trinajstić information content (AvgIpc) is 3.05. The Labute approximate surface area is 132 Å². The molecule has 0 aromatic carbocycles. The van der Waals surface area contributed by atoms with Crippen LogP contribution in [0.5, 0.6) is 0 Å². The van der Waals surface area contributed by atoms with E-state index in [9.17, 15) is 4.79 Å². The standard InChI is InChI=1S/C14H16N4OS.ClH/c1-7(2)11(15)13-17-9-5-10(8-3-4-16-6-8)20-12(9)14(19)18-13;/h3-7,11,16H,15H2,1-2H3,(H,17,18,19);1H/t11-;/m0./s1. The summed E-state index contributed by atoms with van der Waals surface area (Å²) in [6, 6.07) is 3.65. The summed E-state index contributed by atoms with van der Waals surface area (Å²) < 4.78 is 0.640. The molecule has 0 aliphatic carbocycles. The Morgan fingerprint density at radius 3 is 2.76 bits per heavy atom. The van der Waals surface area contributed by atoms with Gasteiger partial charge < -0.3 is 15.7 Å². The summed E-state index contributed by atoms with van der Waals surface area (Å²) >= 11 is 1.44. The summed E-state index contributed by atoms with van der Waals surface area (Å²) in [7, 11) is 0. The highest BCUT2D eigenvalue weighted by molar-refractivity contribution is 7.22. The van der Waals surface area contributed by atoms with Crippen molar-refractivity contribution in [3.05, 3.63) is 40.7 Å². The Bertz CT molecular complexity index is 791. The molecular weight excluding hydrogens is 308 g/mol. The molecule has 4 N–H and O–H groups in total. The maximum Gasteiger partial charge on any atom is 0.268 e. The van der Waals surface area contributed by atoms with E-state index in [2.05, 4.69) is 15.0 Å². The number of fused-ring (bicyclic) bond motifs is 1. The molecule has 3 heterocycles. The molecule has 0 fully saturated rings. The van der Waals surface area contributed by atoms with Crippen molar-refractivity contribution < 1.29 is 0 Å². The van der Waals surface area contributed by atoms with Gasteiger partial charge in [-0.2, -0.15) is 0 Å². The minimum atomic E-state index is -0.261. The van der Waals surface area contributed by atoms with Gasteiger partial charge in [0.05, 0.1) is 11.6 Å². The summed E-state index contributed by atoms with van der Waals surface area (Å²) in [6.45, 7) is 4.02. The first kappa shape index (κ1) is 15.8. The summed E-state index contributed by atoms with van der Waals surface area (Å²) in [5.41, 5.74) is 7.71. The van der Waals surface area contributed by atoms with Gasteiger partial charge in [-0.05, 0) is 18.1 Å². The Kier molecular flexibility index (Phi) is 4.51. The van der Waals surface area contributed by atoms with Gasteiger partial charge in [0.25, 0.3) is 5.56 Å². The van der Waals surface area contributed by atoms with Crippen molar-refractivity contribution in [3.63, 3.8) is 0 Å². The zero-order valence-electron chi connectivity index (χ0n) is 11.7. The maximum absolute atomic E-state index is 12.2. The topological polar surface area (TPSA) is 87.6 Å². The molecule has 0 amide bonds. The van der Waals surface area contributed by atoms with Crippen LogP contribution in [0, 0.1) is 5.92 Å². The minimum Gasteiger partial charge on any atom is -0.367 e. The number of nitrogens with two attached hydrogens (primary N) is 1. The zero-order valence-corrected chi connectivity index (χ0v) is 13.3. The summed E-state index contributed by atoms with van der Waals surface area (Å²) in [4.78, 5) is 23.5. The van der Waals surface area contributed by atoms with Crippen LogP contribution in [0.25, 0.3) is 20.7 Å². The Morgan fingerprint density at radius 2 is 2.14 bits per heavy atom. The molecule has 0 unspecified atom stereocenters. The number of aromatic nitrogens is 3. The molecule has 0 radical (unpaired) electrons. The van der Waals surface area contributed by atoms with E-state index >= 15 is 0 Å². The maximum atomic E-state index is 12.2. The number of aromatic amines is 2. The fraction of sp³-hybridized carbons (Fsp3) is 0.286. The monoisotopic (exact) mass is 324 g/mol. The van der Waals surface area contributed by atoms with Crippen LogP contribution < -0.4 is 11.3 Å². The number of nitrogens with one attached hydrogen (secondary N) is 2. The number of hydrogen-bond acceptors (Lipinski definition) is 4. The molecule has 5 nitrogen and oxygen atoms in total. The first-order valence-corrected chi connectivity index (χ1v) is 7.30. The lowest BCUT2D eigenvalue weighted by atomic mass is 10.1. The molecular formula is C14H17ClN4OS. The van der Waals surface area contributed by atoms with E-state index in [-0.39, 0.29) is 29.9 Å². The highest BCUT2D eigenvalue weighted by Crippen LogP contribution is 2.31. The van der Waals surface area contributed by atoms with Crippen LogP contribution in [-0.4, -0.2) is 15.0 Å². The van der Waals surface area contributed by atoms with Gasteiger partial charge in [0.15, 0.2) is 0 Å². The molecule has 0 saturated carbocycles. The van der Waals surface area contributed by atoms with Crippen LogP contribution in [0.1, 0.15) is 25.7 Å². The number of halogens is 1. The lowest BCUT2D eigenvalue weighted by Gasteiger charge is -2.13. The van der Waals surface area contributed by atoms with E-state index < -0.39 is 0 Å². The predicted octanol–water partition coefficient (Wildman–Crippen LogP) is 3.06. The van der Waals surface area contributed by atoms with Crippen LogP contribution in [-0.2, 0) is 0 Å². The van der Waals surface area contributed by atoms with Crippen molar-refractivity contribution in [3.8, 4) is 10.4 Å². The third-order valence-corrected chi connectivity index (χ3v) is 4.49. The number of rotatable bonds is 3.